The third kappa shape index (κ3) is 3.16. The zero-order valence-corrected chi connectivity index (χ0v) is 11.2. The predicted molar refractivity (Wildman–Crippen MR) is 75.7 cm³/mol. The number of benzene rings is 2. The average Bonchev–Trinajstić information content (AvgIpc) is 2.36. The molecule has 2 nitrogen and oxygen atoms in total. The zero-order chi connectivity index (χ0) is 13.0. The van der Waals surface area contributed by atoms with E-state index < -0.39 is 0 Å². The van der Waals surface area contributed by atoms with E-state index in [0.717, 1.165) is 17.1 Å². The highest BCUT2D eigenvalue weighted by Crippen LogP contribution is 2.31. The molecule has 0 fully saturated rings. The van der Waals surface area contributed by atoms with Gasteiger partial charge in [0, 0.05) is 15.6 Å². The minimum Gasteiger partial charge on any atom is -0.457 e. The molecule has 0 atom stereocenters. The van der Waals surface area contributed by atoms with Crippen molar-refractivity contribution in [2.24, 2.45) is 5.73 Å². The second kappa shape index (κ2) is 6.10. The Morgan fingerprint density at radius 2 is 1.72 bits per heavy atom. The van der Waals surface area contributed by atoms with Crippen molar-refractivity contribution in [1.82, 2.24) is 0 Å². The summed E-state index contributed by atoms with van der Waals surface area (Å²) in [7, 11) is 0. The van der Waals surface area contributed by atoms with Crippen LogP contribution in [0.5, 0.6) is 11.5 Å². The first-order valence-electron chi connectivity index (χ1n) is 5.61. The van der Waals surface area contributed by atoms with Crippen molar-refractivity contribution in [1.29, 1.82) is 0 Å². The van der Waals surface area contributed by atoms with Crippen molar-refractivity contribution in [3.63, 3.8) is 0 Å². The lowest BCUT2D eigenvalue weighted by atomic mass is 10.1. The summed E-state index contributed by atoms with van der Waals surface area (Å²) >= 11 is 12.0. The van der Waals surface area contributed by atoms with Crippen molar-refractivity contribution in [3.8, 4) is 11.5 Å². The van der Waals surface area contributed by atoms with E-state index in [1.165, 1.54) is 0 Å². The quantitative estimate of drug-likeness (QED) is 0.908. The van der Waals surface area contributed by atoms with Crippen LogP contribution in [0.2, 0.25) is 10.0 Å². The highest BCUT2D eigenvalue weighted by Gasteiger charge is 2.08. The molecule has 2 aromatic carbocycles. The van der Waals surface area contributed by atoms with Crippen LogP contribution >= 0.6 is 23.2 Å². The van der Waals surface area contributed by atoms with E-state index in [1.54, 1.807) is 12.1 Å². The van der Waals surface area contributed by atoms with Crippen LogP contribution in [0.3, 0.4) is 0 Å². The average molecular weight is 282 g/mol. The first-order valence-corrected chi connectivity index (χ1v) is 6.37. The van der Waals surface area contributed by atoms with Gasteiger partial charge in [0.2, 0.25) is 0 Å². The van der Waals surface area contributed by atoms with Crippen molar-refractivity contribution in [3.05, 3.63) is 58.1 Å². The summed E-state index contributed by atoms with van der Waals surface area (Å²) < 4.78 is 5.80. The molecule has 2 aromatic rings. The molecular weight excluding hydrogens is 269 g/mol. The molecule has 18 heavy (non-hydrogen) atoms. The van der Waals surface area contributed by atoms with Crippen molar-refractivity contribution >= 4 is 23.2 Å². The van der Waals surface area contributed by atoms with Crippen molar-refractivity contribution in [2.75, 3.05) is 6.54 Å². The molecule has 94 valence electrons. The number of hydrogen-bond acceptors (Lipinski definition) is 2. The van der Waals surface area contributed by atoms with Gasteiger partial charge in [-0.25, -0.2) is 0 Å². The van der Waals surface area contributed by atoms with Gasteiger partial charge < -0.3 is 10.5 Å². The molecule has 0 aliphatic heterocycles. The fourth-order valence-electron chi connectivity index (χ4n) is 1.65. The maximum Gasteiger partial charge on any atom is 0.132 e. The molecule has 0 radical (unpaired) electrons. The maximum absolute atomic E-state index is 6.14. The smallest absolute Gasteiger partial charge is 0.132 e. The molecule has 0 saturated heterocycles. The highest BCUT2D eigenvalue weighted by atomic mass is 35.5. The topological polar surface area (TPSA) is 35.2 Å². The van der Waals surface area contributed by atoms with Gasteiger partial charge in [-0.05, 0) is 49.4 Å². The summed E-state index contributed by atoms with van der Waals surface area (Å²) in [6, 6.07) is 12.8. The molecule has 0 unspecified atom stereocenters. The Bertz CT molecular complexity index is 526. The Balaban J connectivity index is 2.28. The van der Waals surface area contributed by atoms with Crippen LogP contribution in [0.15, 0.2) is 42.5 Å². The zero-order valence-electron chi connectivity index (χ0n) is 9.70. The fourth-order valence-corrected chi connectivity index (χ4v) is 2.04. The summed E-state index contributed by atoms with van der Waals surface area (Å²) in [5.74, 6) is 1.45. The molecule has 0 heterocycles. The SMILES string of the molecule is NCCc1c(Cl)cccc1Oc1ccc(Cl)cc1. The number of rotatable bonds is 4. The van der Waals surface area contributed by atoms with Gasteiger partial charge in [0.05, 0.1) is 0 Å². The summed E-state index contributed by atoms with van der Waals surface area (Å²) in [4.78, 5) is 0. The van der Waals surface area contributed by atoms with Crippen molar-refractivity contribution < 1.29 is 4.74 Å². The van der Waals surface area contributed by atoms with Crippen LogP contribution in [0.1, 0.15) is 5.56 Å². The number of ether oxygens (including phenoxy) is 1. The van der Waals surface area contributed by atoms with Gasteiger partial charge in [0.15, 0.2) is 0 Å². The lowest BCUT2D eigenvalue weighted by Crippen LogP contribution is -2.04. The van der Waals surface area contributed by atoms with Gasteiger partial charge in [-0.1, -0.05) is 29.3 Å². The Morgan fingerprint density at radius 1 is 1.00 bits per heavy atom. The van der Waals surface area contributed by atoms with Gasteiger partial charge in [-0.3, -0.25) is 0 Å². The van der Waals surface area contributed by atoms with Crippen LogP contribution in [0, 0.1) is 0 Å². The summed E-state index contributed by atoms with van der Waals surface area (Å²) in [6.07, 6.45) is 0.683. The monoisotopic (exact) mass is 281 g/mol. The third-order valence-corrected chi connectivity index (χ3v) is 3.12. The maximum atomic E-state index is 6.14. The van der Waals surface area contributed by atoms with Crippen LogP contribution in [0.4, 0.5) is 0 Å². The molecular formula is C14H13Cl2NO. The van der Waals surface area contributed by atoms with Gasteiger partial charge in [-0.15, -0.1) is 0 Å². The summed E-state index contributed by atoms with van der Waals surface area (Å²) in [6.45, 7) is 0.528. The second-order valence-corrected chi connectivity index (χ2v) is 4.65. The van der Waals surface area contributed by atoms with Gasteiger partial charge >= 0.3 is 0 Å². The molecule has 2 N–H and O–H groups in total. The Hall–Kier alpha value is -1.22. The molecule has 0 bridgehead atoms. The minimum atomic E-state index is 0.528. The van der Waals surface area contributed by atoms with E-state index in [4.69, 9.17) is 33.7 Å². The van der Waals surface area contributed by atoms with Crippen LogP contribution < -0.4 is 10.5 Å². The molecule has 0 aliphatic rings. The number of nitrogens with two attached hydrogens (primary N) is 1. The molecule has 0 aliphatic carbocycles. The Morgan fingerprint density at radius 3 is 2.39 bits per heavy atom. The molecule has 0 amide bonds. The van der Waals surface area contributed by atoms with Gasteiger partial charge in [-0.2, -0.15) is 0 Å². The second-order valence-electron chi connectivity index (χ2n) is 3.81. The largest absolute Gasteiger partial charge is 0.457 e. The lowest BCUT2D eigenvalue weighted by molar-refractivity contribution is 0.476. The minimum absolute atomic E-state index is 0.528. The van der Waals surface area contributed by atoms with Crippen molar-refractivity contribution in [2.45, 2.75) is 6.42 Å². The lowest BCUT2D eigenvalue weighted by Gasteiger charge is -2.12. The van der Waals surface area contributed by atoms with Gasteiger partial charge in [0.25, 0.3) is 0 Å². The Kier molecular flexibility index (Phi) is 4.48. The van der Waals surface area contributed by atoms with E-state index in [-0.39, 0.29) is 0 Å². The fraction of sp³-hybridized carbons (Fsp3) is 0.143. The molecule has 2 rings (SSSR count). The van der Waals surface area contributed by atoms with E-state index >= 15 is 0 Å². The van der Waals surface area contributed by atoms with E-state index in [9.17, 15) is 0 Å². The molecule has 0 spiro atoms. The van der Waals surface area contributed by atoms with Gasteiger partial charge in [0.1, 0.15) is 11.5 Å². The van der Waals surface area contributed by atoms with Crippen LogP contribution in [-0.2, 0) is 6.42 Å². The normalized spacial score (nSPS) is 10.4. The summed E-state index contributed by atoms with van der Waals surface area (Å²) in [5, 5.41) is 1.35. The molecule has 4 heteroatoms. The Labute approximate surface area is 116 Å². The first-order chi connectivity index (χ1) is 8.70. The molecule has 0 aromatic heterocycles. The number of halogens is 2. The van der Waals surface area contributed by atoms with E-state index in [1.807, 2.05) is 30.3 Å². The van der Waals surface area contributed by atoms with E-state index in [2.05, 4.69) is 0 Å². The summed E-state index contributed by atoms with van der Waals surface area (Å²) in [5.41, 5.74) is 6.51. The third-order valence-electron chi connectivity index (χ3n) is 2.51. The molecule has 0 saturated carbocycles. The van der Waals surface area contributed by atoms with Crippen LogP contribution in [0.25, 0.3) is 0 Å². The van der Waals surface area contributed by atoms with E-state index in [0.29, 0.717) is 23.0 Å². The highest BCUT2D eigenvalue weighted by molar-refractivity contribution is 6.31. The first kappa shape index (κ1) is 13.2. The predicted octanol–water partition coefficient (Wildman–Crippen LogP) is 4.29. The number of hydrogen-bond donors (Lipinski definition) is 1. The standard InChI is InChI=1S/C14H13Cl2NO/c15-10-4-6-11(7-5-10)18-14-3-1-2-13(16)12(14)8-9-17/h1-7H,8-9,17H2. The van der Waals surface area contributed by atoms with Crippen LogP contribution in [-0.4, -0.2) is 6.54 Å².